The molecule has 2 heterocycles. The summed E-state index contributed by atoms with van der Waals surface area (Å²) in [5.41, 5.74) is 11.5. The lowest BCUT2D eigenvalue weighted by molar-refractivity contribution is -0.140. The molecule has 45 heavy (non-hydrogen) atoms. The lowest BCUT2D eigenvalue weighted by atomic mass is 10.0. The predicted octanol–water partition coefficient (Wildman–Crippen LogP) is -1.65. The van der Waals surface area contributed by atoms with Crippen molar-refractivity contribution in [3.05, 3.63) is 0 Å². The van der Waals surface area contributed by atoms with E-state index in [9.17, 15) is 33.6 Å². The van der Waals surface area contributed by atoms with Gasteiger partial charge in [0.2, 0.25) is 41.4 Å². The fourth-order valence-corrected chi connectivity index (χ4v) is 7.21. The molecule has 0 radical (unpaired) electrons. The molecule has 17 heteroatoms. The van der Waals surface area contributed by atoms with Crippen LogP contribution >= 0.6 is 21.6 Å². The Hall–Kier alpha value is -3.05. The summed E-state index contributed by atoms with van der Waals surface area (Å²) in [5, 5.41) is 13.1. The second kappa shape index (κ2) is 18.2. The van der Waals surface area contributed by atoms with Crippen molar-refractivity contribution in [2.24, 2.45) is 23.3 Å². The molecule has 0 aromatic heterocycles. The zero-order valence-corrected chi connectivity index (χ0v) is 28.2. The van der Waals surface area contributed by atoms with E-state index >= 15 is 0 Å². The summed E-state index contributed by atoms with van der Waals surface area (Å²) in [6, 6.07) is -5.89. The SMILES string of the molecule is CC(C)C[C@H](NC(=O)[C@@H]1CSSC[C@H](NC(=O)[C@@H](N)CC(C)C)C(=O)N[C@@H](C)C(=O)NCC(=O)N2CCC[C@H]2C(=O)N1)C(N)=O. The highest BCUT2D eigenvalue weighted by Crippen LogP contribution is 2.24. The number of hydrogen-bond acceptors (Lipinski definition) is 10. The predicted molar refractivity (Wildman–Crippen MR) is 172 cm³/mol. The molecule has 15 nitrogen and oxygen atoms in total. The van der Waals surface area contributed by atoms with Crippen LogP contribution in [-0.2, 0) is 33.6 Å². The molecule has 2 saturated heterocycles. The van der Waals surface area contributed by atoms with Crippen LogP contribution in [0.3, 0.4) is 0 Å². The molecule has 9 N–H and O–H groups in total. The van der Waals surface area contributed by atoms with E-state index in [-0.39, 0.29) is 23.3 Å². The number of fused-ring (bicyclic) bond motifs is 1. The van der Waals surface area contributed by atoms with Gasteiger partial charge in [-0.1, -0.05) is 49.3 Å². The van der Waals surface area contributed by atoms with E-state index in [4.69, 9.17) is 11.5 Å². The largest absolute Gasteiger partial charge is 0.368 e. The van der Waals surface area contributed by atoms with Crippen LogP contribution in [0.5, 0.6) is 0 Å². The first-order valence-electron chi connectivity index (χ1n) is 15.2. The minimum atomic E-state index is -1.11. The topological polar surface area (TPSA) is 235 Å². The molecule has 0 aromatic rings. The van der Waals surface area contributed by atoms with E-state index in [1.54, 1.807) is 0 Å². The number of carbonyl (C=O) groups is 7. The standard InChI is InChI=1S/C28H48N8O7S2/c1-14(2)9-17(29)25(40)34-19-12-44-45-13-20(27(42)33-18(23(30)38)10-15(3)4)35-28(43)21-7-6-8-36(21)22(37)11-31-24(39)16(5)32-26(19)41/h14-21H,6-13,29H2,1-5H3,(H2,30,38)(H,31,39)(H,32,41)(H,33,42)(H,34,40)(H,35,43)/t16-,17-,18-,19-,20-,21-/m0/s1. The van der Waals surface area contributed by atoms with Crippen molar-refractivity contribution >= 4 is 62.9 Å². The van der Waals surface area contributed by atoms with E-state index in [1.807, 2.05) is 27.7 Å². The van der Waals surface area contributed by atoms with Gasteiger partial charge in [0.25, 0.3) is 0 Å². The average Bonchev–Trinajstić information content (AvgIpc) is 3.45. The molecule has 0 aliphatic carbocycles. The molecule has 0 saturated carbocycles. The number of rotatable bonds is 9. The second-order valence-electron chi connectivity index (χ2n) is 12.2. The summed E-state index contributed by atoms with van der Waals surface area (Å²) in [4.78, 5) is 91.8. The molecule has 2 aliphatic heterocycles. The number of nitrogens with two attached hydrogens (primary N) is 2. The lowest BCUT2D eigenvalue weighted by Crippen LogP contribution is -2.57. The lowest BCUT2D eigenvalue weighted by Gasteiger charge is -2.27. The smallest absolute Gasteiger partial charge is 0.244 e. The highest BCUT2D eigenvalue weighted by molar-refractivity contribution is 8.76. The summed E-state index contributed by atoms with van der Waals surface area (Å²) in [7, 11) is 2.33. The first kappa shape index (κ1) is 38.1. The Morgan fingerprint density at radius 3 is 2.22 bits per heavy atom. The summed E-state index contributed by atoms with van der Waals surface area (Å²) in [6.45, 7) is 8.91. The molecule has 2 rings (SSSR count). The molecule has 0 bridgehead atoms. The van der Waals surface area contributed by atoms with Gasteiger partial charge in [-0.25, -0.2) is 0 Å². The second-order valence-corrected chi connectivity index (χ2v) is 14.8. The fraction of sp³-hybridized carbons (Fsp3) is 0.750. The van der Waals surface area contributed by atoms with E-state index < -0.39 is 84.1 Å². The maximum atomic E-state index is 13.4. The van der Waals surface area contributed by atoms with Gasteiger partial charge in [-0.2, -0.15) is 0 Å². The van der Waals surface area contributed by atoms with Crippen LogP contribution in [0.4, 0.5) is 0 Å². The van der Waals surface area contributed by atoms with Crippen molar-refractivity contribution in [2.45, 2.75) is 96.6 Å². The maximum Gasteiger partial charge on any atom is 0.244 e. The molecule has 2 fully saturated rings. The van der Waals surface area contributed by atoms with Gasteiger partial charge in [0, 0.05) is 18.1 Å². The Labute approximate surface area is 272 Å². The van der Waals surface area contributed by atoms with Gasteiger partial charge in [0.1, 0.15) is 30.2 Å². The monoisotopic (exact) mass is 672 g/mol. The Morgan fingerprint density at radius 1 is 0.956 bits per heavy atom. The third-order valence-electron chi connectivity index (χ3n) is 7.29. The van der Waals surface area contributed by atoms with E-state index in [2.05, 4.69) is 26.6 Å². The van der Waals surface area contributed by atoms with Crippen LogP contribution < -0.4 is 38.1 Å². The number of amides is 7. The maximum absolute atomic E-state index is 13.4. The van der Waals surface area contributed by atoms with Gasteiger partial charge in [0.05, 0.1) is 12.6 Å². The zero-order valence-electron chi connectivity index (χ0n) is 26.6. The number of nitrogens with zero attached hydrogens (tertiary/aromatic N) is 1. The van der Waals surface area contributed by atoms with Crippen LogP contribution in [0.25, 0.3) is 0 Å². The quantitative estimate of drug-likeness (QED) is 0.138. The van der Waals surface area contributed by atoms with Crippen molar-refractivity contribution in [1.29, 1.82) is 0 Å². The molecule has 0 unspecified atom stereocenters. The third-order valence-corrected chi connectivity index (χ3v) is 9.71. The Bertz CT molecular complexity index is 1110. The Kier molecular flexibility index (Phi) is 15.4. The molecule has 0 aromatic carbocycles. The van der Waals surface area contributed by atoms with E-state index in [0.717, 1.165) is 10.8 Å². The highest BCUT2D eigenvalue weighted by Gasteiger charge is 2.37. The molecular weight excluding hydrogens is 624 g/mol. The van der Waals surface area contributed by atoms with Gasteiger partial charge in [-0.05, 0) is 44.4 Å². The Morgan fingerprint density at radius 2 is 1.60 bits per heavy atom. The first-order chi connectivity index (χ1) is 21.1. The average molecular weight is 673 g/mol. The summed E-state index contributed by atoms with van der Waals surface area (Å²) >= 11 is 0. The van der Waals surface area contributed by atoms with Crippen LogP contribution in [-0.4, -0.2) is 107 Å². The van der Waals surface area contributed by atoms with Crippen LogP contribution in [0, 0.1) is 11.8 Å². The van der Waals surface area contributed by atoms with Gasteiger partial charge in [0.15, 0.2) is 0 Å². The summed E-state index contributed by atoms with van der Waals surface area (Å²) < 4.78 is 0. The van der Waals surface area contributed by atoms with Crippen molar-refractivity contribution < 1.29 is 33.6 Å². The summed E-state index contributed by atoms with van der Waals surface area (Å²) in [5.74, 6) is -3.90. The minimum absolute atomic E-state index is 0.0294. The minimum Gasteiger partial charge on any atom is -0.368 e. The van der Waals surface area contributed by atoms with Gasteiger partial charge in [-0.3, -0.25) is 33.6 Å². The molecule has 6 atom stereocenters. The van der Waals surface area contributed by atoms with E-state index in [0.29, 0.717) is 32.2 Å². The number of carbonyl (C=O) groups excluding carboxylic acids is 7. The summed E-state index contributed by atoms with van der Waals surface area (Å²) in [6.07, 6.45) is 1.62. The van der Waals surface area contributed by atoms with Crippen molar-refractivity contribution in [3.63, 3.8) is 0 Å². The third kappa shape index (κ3) is 12.3. The fourth-order valence-electron chi connectivity index (χ4n) is 4.88. The van der Waals surface area contributed by atoms with Crippen molar-refractivity contribution in [2.75, 3.05) is 24.6 Å². The van der Waals surface area contributed by atoms with Crippen molar-refractivity contribution in [3.8, 4) is 0 Å². The zero-order chi connectivity index (χ0) is 33.8. The normalized spacial score (nSPS) is 25.4. The van der Waals surface area contributed by atoms with Gasteiger partial charge in [-0.15, -0.1) is 0 Å². The number of hydrogen-bond donors (Lipinski definition) is 7. The molecule has 2 aliphatic rings. The highest BCUT2D eigenvalue weighted by atomic mass is 33.1. The van der Waals surface area contributed by atoms with Crippen LogP contribution in [0.1, 0.15) is 60.3 Å². The molecule has 7 amide bonds. The molecule has 254 valence electrons. The van der Waals surface area contributed by atoms with E-state index in [1.165, 1.54) is 22.6 Å². The van der Waals surface area contributed by atoms with Crippen molar-refractivity contribution in [1.82, 2.24) is 31.5 Å². The number of primary amides is 1. The first-order valence-corrected chi connectivity index (χ1v) is 17.7. The molecule has 0 spiro atoms. The van der Waals surface area contributed by atoms with Crippen LogP contribution in [0.15, 0.2) is 0 Å². The number of nitrogens with one attached hydrogen (secondary N) is 5. The van der Waals surface area contributed by atoms with Crippen LogP contribution in [0.2, 0.25) is 0 Å². The Balaban J connectivity index is 2.32. The van der Waals surface area contributed by atoms with Gasteiger partial charge < -0.3 is 43.0 Å². The van der Waals surface area contributed by atoms with Gasteiger partial charge >= 0.3 is 0 Å². The molecular formula is C28H48N8O7S2.